The Morgan fingerprint density at radius 2 is 1.35 bits per heavy atom. The highest BCUT2D eigenvalue weighted by molar-refractivity contribution is 9.09. The first-order valence-electron chi connectivity index (χ1n) is 8.08. The summed E-state index contributed by atoms with van der Waals surface area (Å²) in [5.74, 6) is -0.0529. The molecule has 0 saturated heterocycles. The zero-order valence-corrected chi connectivity index (χ0v) is 14.3. The van der Waals surface area contributed by atoms with Crippen molar-refractivity contribution in [3.05, 3.63) is 0 Å². The molecule has 0 aromatic carbocycles. The van der Waals surface area contributed by atoms with Gasteiger partial charge < -0.3 is 4.74 Å². The first-order chi connectivity index (χ1) is 9.81. The lowest BCUT2D eigenvalue weighted by Gasteiger charge is -2.05. The molecular weight excluding hydrogens is 323 g/mol. The van der Waals surface area contributed by atoms with E-state index in [4.69, 9.17) is 4.74 Å². The molecule has 0 aliphatic rings. The largest absolute Gasteiger partial charge is 0.466 e. The third-order valence-corrected chi connectivity index (χ3v) is 3.87. The van der Waals surface area contributed by atoms with Crippen LogP contribution in [-0.2, 0) is 9.53 Å². The molecule has 0 N–H and O–H groups in total. The molecule has 0 bridgehead atoms. The van der Waals surface area contributed by atoms with E-state index in [9.17, 15) is 9.18 Å². The van der Waals surface area contributed by atoms with Gasteiger partial charge in [-0.25, -0.2) is 0 Å². The summed E-state index contributed by atoms with van der Waals surface area (Å²) in [6, 6.07) is 0. The van der Waals surface area contributed by atoms with E-state index in [1.165, 1.54) is 19.3 Å². The van der Waals surface area contributed by atoms with Crippen molar-refractivity contribution in [2.45, 2.75) is 77.0 Å². The number of rotatable bonds is 15. The van der Waals surface area contributed by atoms with Crippen molar-refractivity contribution >= 4 is 21.9 Å². The van der Waals surface area contributed by atoms with Crippen LogP contribution in [0.15, 0.2) is 0 Å². The molecule has 0 heterocycles. The number of esters is 1. The van der Waals surface area contributed by atoms with Crippen molar-refractivity contribution in [1.29, 1.82) is 0 Å². The van der Waals surface area contributed by atoms with E-state index >= 15 is 0 Å². The minimum Gasteiger partial charge on any atom is -0.466 e. The maximum atomic E-state index is 11.8. The second kappa shape index (κ2) is 16.9. The van der Waals surface area contributed by atoms with Gasteiger partial charge in [-0.1, -0.05) is 60.9 Å². The Labute approximate surface area is 132 Å². The molecule has 0 fully saturated rings. The van der Waals surface area contributed by atoms with Crippen LogP contribution in [0, 0.1) is 0 Å². The zero-order valence-electron chi connectivity index (χ0n) is 12.7. The Balaban J connectivity index is 3.12. The van der Waals surface area contributed by atoms with Crippen molar-refractivity contribution < 1.29 is 13.9 Å². The molecular formula is C16H30BrFO2. The van der Waals surface area contributed by atoms with Crippen LogP contribution in [0.2, 0.25) is 0 Å². The second-order valence-electron chi connectivity index (χ2n) is 5.24. The molecule has 120 valence electrons. The normalized spacial score (nSPS) is 10.7. The van der Waals surface area contributed by atoms with Gasteiger partial charge in [-0.05, 0) is 25.7 Å². The monoisotopic (exact) mass is 352 g/mol. The topological polar surface area (TPSA) is 26.3 Å². The van der Waals surface area contributed by atoms with Crippen LogP contribution in [-0.4, -0.2) is 24.6 Å². The third-order valence-electron chi connectivity index (χ3n) is 3.31. The molecule has 20 heavy (non-hydrogen) atoms. The molecule has 0 radical (unpaired) electrons. The van der Waals surface area contributed by atoms with E-state index in [1.54, 1.807) is 0 Å². The van der Waals surface area contributed by atoms with Gasteiger partial charge in [0.1, 0.15) is 0 Å². The van der Waals surface area contributed by atoms with Gasteiger partial charge in [0.05, 0.1) is 13.3 Å². The van der Waals surface area contributed by atoms with Crippen LogP contribution >= 0.6 is 15.9 Å². The predicted octanol–water partition coefficient (Wildman–Crippen LogP) is 5.58. The summed E-state index contributed by atoms with van der Waals surface area (Å²) in [6.07, 6.45) is 12.2. The number of hydrogen-bond acceptors (Lipinski definition) is 2. The number of unbranched alkanes of at least 4 members (excludes halogenated alkanes) is 9. The average molecular weight is 353 g/mol. The third kappa shape index (κ3) is 15.9. The number of hydrogen-bond donors (Lipinski definition) is 0. The van der Waals surface area contributed by atoms with Gasteiger partial charge in [0.25, 0.3) is 0 Å². The Kier molecular flexibility index (Phi) is 16.8. The molecule has 0 aliphatic heterocycles. The van der Waals surface area contributed by atoms with Crippen molar-refractivity contribution in [1.82, 2.24) is 0 Å². The maximum absolute atomic E-state index is 11.8. The SMILES string of the molecule is O=C(CCCCCCCBr)OCCCCCCCCF. The van der Waals surface area contributed by atoms with E-state index < -0.39 is 0 Å². The summed E-state index contributed by atoms with van der Waals surface area (Å²) < 4.78 is 17.0. The van der Waals surface area contributed by atoms with Crippen LogP contribution < -0.4 is 0 Å². The summed E-state index contributed by atoms with van der Waals surface area (Å²) in [5, 5.41) is 1.07. The van der Waals surface area contributed by atoms with E-state index in [-0.39, 0.29) is 12.6 Å². The van der Waals surface area contributed by atoms with Gasteiger partial charge in [-0.15, -0.1) is 0 Å². The molecule has 0 spiro atoms. The summed E-state index contributed by atoms with van der Waals surface area (Å²) in [7, 11) is 0. The molecule has 0 saturated carbocycles. The van der Waals surface area contributed by atoms with Crippen LogP contribution in [0.4, 0.5) is 4.39 Å². The number of halogens is 2. The minimum atomic E-state index is -0.201. The summed E-state index contributed by atoms with van der Waals surface area (Å²) in [6.45, 7) is 0.346. The van der Waals surface area contributed by atoms with Gasteiger partial charge in [-0.2, -0.15) is 0 Å². The molecule has 0 aromatic rings. The molecule has 0 aromatic heterocycles. The van der Waals surface area contributed by atoms with Gasteiger partial charge in [-0.3, -0.25) is 9.18 Å². The zero-order chi connectivity index (χ0) is 14.9. The Morgan fingerprint density at radius 1 is 0.800 bits per heavy atom. The Morgan fingerprint density at radius 3 is 2.00 bits per heavy atom. The number of ether oxygens (including phenoxy) is 1. The molecule has 2 nitrogen and oxygen atoms in total. The highest BCUT2D eigenvalue weighted by atomic mass is 79.9. The van der Waals surface area contributed by atoms with Gasteiger partial charge >= 0.3 is 5.97 Å². The lowest BCUT2D eigenvalue weighted by atomic mass is 10.1. The Bertz CT molecular complexity index is 213. The molecule has 0 aliphatic carbocycles. The lowest BCUT2D eigenvalue weighted by Crippen LogP contribution is -2.05. The summed E-state index contributed by atoms with van der Waals surface area (Å²) in [4.78, 5) is 11.4. The molecule has 0 rings (SSSR count). The van der Waals surface area contributed by atoms with Gasteiger partial charge in [0.15, 0.2) is 0 Å². The van der Waals surface area contributed by atoms with E-state index in [0.29, 0.717) is 19.4 Å². The fraction of sp³-hybridized carbons (Fsp3) is 0.938. The van der Waals surface area contributed by atoms with Crippen molar-refractivity contribution in [2.75, 3.05) is 18.6 Å². The van der Waals surface area contributed by atoms with Gasteiger partial charge in [0.2, 0.25) is 0 Å². The minimum absolute atomic E-state index is 0.0529. The fourth-order valence-electron chi connectivity index (χ4n) is 2.06. The smallest absolute Gasteiger partial charge is 0.305 e. The van der Waals surface area contributed by atoms with E-state index in [0.717, 1.165) is 50.3 Å². The molecule has 0 atom stereocenters. The van der Waals surface area contributed by atoms with E-state index in [2.05, 4.69) is 15.9 Å². The maximum Gasteiger partial charge on any atom is 0.305 e. The second-order valence-corrected chi connectivity index (χ2v) is 6.03. The van der Waals surface area contributed by atoms with Crippen LogP contribution in [0.5, 0.6) is 0 Å². The standard InChI is InChI=1S/C16H30BrFO2/c17-13-9-5-3-4-8-12-16(19)20-15-11-7-2-1-6-10-14-18/h1-15H2. The summed E-state index contributed by atoms with van der Waals surface area (Å²) >= 11 is 3.41. The number of carbonyl (C=O) groups excluding carboxylic acids is 1. The van der Waals surface area contributed by atoms with Gasteiger partial charge in [0, 0.05) is 11.8 Å². The number of carbonyl (C=O) groups is 1. The molecule has 0 amide bonds. The first kappa shape index (κ1) is 19.9. The van der Waals surface area contributed by atoms with E-state index in [1.807, 2.05) is 0 Å². The average Bonchev–Trinajstić information content (AvgIpc) is 2.45. The van der Waals surface area contributed by atoms with Crippen LogP contribution in [0.1, 0.15) is 77.0 Å². The summed E-state index contributed by atoms with van der Waals surface area (Å²) in [5.41, 5.74) is 0. The quantitative estimate of drug-likeness (QED) is 0.218. The molecule has 4 heteroatoms. The fourth-order valence-corrected chi connectivity index (χ4v) is 2.45. The van der Waals surface area contributed by atoms with Crippen molar-refractivity contribution in [2.24, 2.45) is 0 Å². The van der Waals surface area contributed by atoms with Crippen molar-refractivity contribution in [3.8, 4) is 0 Å². The van der Waals surface area contributed by atoms with Crippen molar-refractivity contribution in [3.63, 3.8) is 0 Å². The lowest BCUT2D eigenvalue weighted by molar-refractivity contribution is -0.143. The first-order valence-corrected chi connectivity index (χ1v) is 9.21. The predicted molar refractivity (Wildman–Crippen MR) is 86.1 cm³/mol. The number of alkyl halides is 2. The van der Waals surface area contributed by atoms with Crippen LogP contribution in [0.25, 0.3) is 0 Å². The highest BCUT2D eigenvalue weighted by Crippen LogP contribution is 2.08. The highest BCUT2D eigenvalue weighted by Gasteiger charge is 2.02. The molecule has 0 unspecified atom stereocenters. The Hall–Kier alpha value is -0.120. The van der Waals surface area contributed by atoms with Crippen LogP contribution in [0.3, 0.4) is 0 Å².